The minimum absolute atomic E-state index is 0.0633. The Morgan fingerprint density at radius 3 is 1.09 bits per heavy atom. The van der Waals surface area contributed by atoms with Gasteiger partial charge in [-0.25, -0.2) is 28.7 Å². The summed E-state index contributed by atoms with van der Waals surface area (Å²) in [6.07, 6.45) is -12.2. The Morgan fingerprint density at radius 1 is 0.315 bits per heavy atom. The number of piperazine rings is 1. The smallest absolute Gasteiger partial charge is 0.349 e. The average Bonchev–Trinajstić information content (AvgIpc) is 1.70. The molecule has 1 aliphatic rings. The number of nitrogens with zero attached hydrogens (tertiary/aromatic N) is 18. The summed E-state index contributed by atoms with van der Waals surface area (Å²) < 4.78 is 150. The lowest BCUT2D eigenvalue weighted by Crippen LogP contribution is -2.44. The molecule has 0 saturated carbocycles. The second-order valence-corrected chi connectivity index (χ2v) is 28.3. The summed E-state index contributed by atoms with van der Waals surface area (Å²) >= 11 is 6.34. The summed E-state index contributed by atoms with van der Waals surface area (Å²) in [5, 5.41) is 80.7. The van der Waals surface area contributed by atoms with Crippen molar-refractivity contribution in [2.75, 3.05) is 52.3 Å². The fourth-order valence-corrected chi connectivity index (χ4v) is 13.8. The second kappa shape index (κ2) is 36.0. The van der Waals surface area contributed by atoms with E-state index in [-0.39, 0.29) is 68.9 Å². The van der Waals surface area contributed by atoms with Crippen molar-refractivity contribution in [1.82, 2.24) is 112 Å². The van der Waals surface area contributed by atoms with Gasteiger partial charge in [0.1, 0.15) is 23.0 Å². The van der Waals surface area contributed by atoms with E-state index in [4.69, 9.17) is 16.6 Å². The van der Waals surface area contributed by atoms with Crippen molar-refractivity contribution in [3.63, 3.8) is 0 Å². The van der Waals surface area contributed by atoms with E-state index < -0.39 is 46.9 Å². The van der Waals surface area contributed by atoms with E-state index in [1.165, 1.54) is 91.1 Å². The minimum Gasteiger partial charge on any atom is -0.349 e. The fraction of sp³-hybridized carbons (Fsp3) is 0.0795. The number of anilines is 9. The maximum atomic E-state index is 13.8. The van der Waals surface area contributed by atoms with Crippen molar-refractivity contribution in [1.29, 1.82) is 0 Å². The number of H-pyrrole nitrogens is 4. The number of aromatic amines is 4. The molecule has 39 heteroatoms. The summed E-state index contributed by atoms with van der Waals surface area (Å²) in [6.45, 7) is 2.63. The standard InChI is InChI=1S/C23H15F3N6.C22H15ClN6.C22H13F4N7.C21H18F4N8/c24-23(25,26)17-12-6-4-10-15(17)20-27-22(19(30-32-20)14-8-2-1-3-9-14)28-21-16-11-5-7-13-18(16)29-31-21;23-17-12-6-4-10-15(17)20-24-22(19(27-29-20)14-8-2-1-3-9-14)25-21-16-11-5-7-13-18(16)26-28-21;23-12-8-9-16-14(11-12)20(32-30-16)29-21-18(17-7-3-4-10-27-17)31-33-19(28-21)13-5-1-2-6-15(13)22(24,25)26;22-12-5-6-16-14(11-12)18(30-29-16)28-19-20(33-9-7-26-8-10-33)32-31-17(27-19)13-3-1-2-4-15(13)21(23,24)25/h1-13H,(H2,27,28,29,31,32);1-13H,(H2,24,25,26,28,29);1-11H,(H2,28,29,30,32,33);1-6,11,26H,7-10H2,(H2,27,28,29,30,31). The first kappa shape index (κ1) is 83.0. The van der Waals surface area contributed by atoms with Crippen LogP contribution >= 0.6 is 11.6 Å². The number of benzene rings is 10. The van der Waals surface area contributed by atoms with E-state index in [0.29, 0.717) is 105 Å². The molecular weight excluding hydrogens is 1680 g/mol. The number of nitrogens with one attached hydrogen (secondary N) is 9. The Hall–Kier alpha value is -16.3. The number of alkyl halides is 9. The topological polar surface area (TPSA) is 346 Å². The molecule has 1 fully saturated rings. The number of rotatable bonds is 16. The third-order valence-corrected chi connectivity index (χ3v) is 19.9. The van der Waals surface area contributed by atoms with Gasteiger partial charge in [-0.05, 0) is 103 Å². The summed E-state index contributed by atoms with van der Waals surface area (Å²) in [5.74, 6) is 2.01. The number of para-hydroxylation sites is 2. The van der Waals surface area contributed by atoms with Crippen LogP contribution in [-0.4, -0.2) is 133 Å². The summed E-state index contributed by atoms with van der Waals surface area (Å²) in [5.41, 5.74) is 3.68. The first-order chi connectivity index (χ1) is 61.6. The van der Waals surface area contributed by atoms with Crippen molar-refractivity contribution >= 4 is 108 Å². The van der Waals surface area contributed by atoms with Crippen molar-refractivity contribution in [2.24, 2.45) is 0 Å². The Morgan fingerprint density at radius 2 is 0.661 bits per heavy atom. The summed E-state index contributed by atoms with van der Waals surface area (Å²) in [7, 11) is 0. The zero-order valence-electron chi connectivity index (χ0n) is 65.3. The maximum absolute atomic E-state index is 13.8. The molecule has 0 spiro atoms. The highest BCUT2D eigenvalue weighted by Crippen LogP contribution is 2.43. The molecule has 632 valence electrons. The predicted octanol–water partition coefficient (Wildman–Crippen LogP) is 20.4. The van der Waals surface area contributed by atoms with Crippen molar-refractivity contribution in [3.8, 4) is 79.5 Å². The fourth-order valence-electron chi connectivity index (χ4n) is 13.6. The first-order valence-corrected chi connectivity index (χ1v) is 38.9. The van der Waals surface area contributed by atoms with Gasteiger partial charge in [0.25, 0.3) is 0 Å². The van der Waals surface area contributed by atoms with Gasteiger partial charge < -0.3 is 31.5 Å². The van der Waals surface area contributed by atoms with Gasteiger partial charge in [0.05, 0.1) is 49.5 Å². The van der Waals surface area contributed by atoms with Gasteiger partial charge in [-0.2, -0.15) is 59.9 Å². The molecule has 0 atom stereocenters. The number of hydrogen-bond acceptors (Lipinski definition) is 23. The highest BCUT2D eigenvalue weighted by atomic mass is 35.5. The van der Waals surface area contributed by atoms with Crippen LogP contribution in [0.15, 0.2) is 267 Å². The molecular formula is C88H61ClF11N27. The summed E-state index contributed by atoms with van der Waals surface area (Å²) in [6, 6.07) is 70.2. The van der Waals surface area contributed by atoms with Gasteiger partial charge in [0, 0.05) is 87.3 Å². The largest absolute Gasteiger partial charge is 0.417 e. The first-order valence-electron chi connectivity index (χ1n) is 38.5. The number of pyridine rings is 1. The molecule has 10 heterocycles. The zero-order chi connectivity index (χ0) is 87.8. The van der Waals surface area contributed by atoms with E-state index in [9.17, 15) is 48.3 Å². The zero-order valence-corrected chi connectivity index (χ0v) is 66.1. The Labute approximate surface area is 714 Å². The van der Waals surface area contributed by atoms with Crippen molar-refractivity contribution in [2.45, 2.75) is 18.5 Å². The molecule has 1 saturated heterocycles. The van der Waals surface area contributed by atoms with Crippen LogP contribution < -0.4 is 31.5 Å². The molecule has 0 bridgehead atoms. The SMILES string of the molecule is Clc1ccccc1-c1nnc(-c2ccccc2)c(Nc2n[nH]c3ccccc23)n1.FC(F)(F)c1ccccc1-c1nnc(-c2ccccc2)c(Nc2n[nH]c3ccccc23)n1.Fc1ccc2[nH]nc(Nc3nc(-c4ccccc4C(F)(F)F)nnc3-c3ccccn3)c2c1.Fc1ccc2[nH]nc(Nc3nc(-c4ccccc4C(F)(F)F)nnc3N3CCNCC3)c2c1. The predicted molar refractivity (Wildman–Crippen MR) is 458 cm³/mol. The molecule has 27 nitrogen and oxygen atoms in total. The summed E-state index contributed by atoms with van der Waals surface area (Å²) in [4.78, 5) is 24.1. The molecule has 9 aromatic heterocycles. The van der Waals surface area contributed by atoms with E-state index in [2.05, 4.69) is 128 Å². The van der Waals surface area contributed by atoms with Crippen LogP contribution in [0, 0.1) is 11.6 Å². The highest BCUT2D eigenvalue weighted by Gasteiger charge is 2.38. The lowest BCUT2D eigenvalue weighted by atomic mass is 10.1. The van der Waals surface area contributed by atoms with Crippen LogP contribution in [-0.2, 0) is 18.5 Å². The second-order valence-electron chi connectivity index (χ2n) is 27.9. The van der Waals surface area contributed by atoms with Crippen molar-refractivity contribution < 1.29 is 48.3 Å². The van der Waals surface area contributed by atoms with E-state index >= 15 is 0 Å². The van der Waals surface area contributed by atoms with Crippen LogP contribution in [0.4, 0.5) is 101 Å². The highest BCUT2D eigenvalue weighted by molar-refractivity contribution is 6.33. The molecule has 10 aromatic carbocycles. The molecule has 1 aliphatic heterocycles. The van der Waals surface area contributed by atoms with E-state index in [1.807, 2.05) is 132 Å². The van der Waals surface area contributed by atoms with Gasteiger partial charge in [-0.15, -0.1) is 40.8 Å². The Balaban J connectivity index is 0.000000119. The van der Waals surface area contributed by atoms with Crippen LogP contribution in [0.2, 0.25) is 5.02 Å². The van der Waals surface area contributed by atoms with Gasteiger partial charge >= 0.3 is 18.5 Å². The van der Waals surface area contributed by atoms with Gasteiger partial charge in [-0.3, -0.25) is 25.4 Å². The molecule has 19 aromatic rings. The van der Waals surface area contributed by atoms with Crippen LogP contribution in [0.5, 0.6) is 0 Å². The molecule has 0 amide bonds. The van der Waals surface area contributed by atoms with Crippen LogP contribution in [0.25, 0.3) is 123 Å². The normalized spacial score (nSPS) is 12.2. The third kappa shape index (κ3) is 18.6. The van der Waals surface area contributed by atoms with Gasteiger partial charge in [0.2, 0.25) is 0 Å². The number of fused-ring (bicyclic) bond motifs is 4. The molecule has 9 N–H and O–H groups in total. The molecule has 127 heavy (non-hydrogen) atoms. The van der Waals surface area contributed by atoms with Crippen molar-refractivity contribution in [3.05, 3.63) is 300 Å². The molecule has 0 aliphatic carbocycles. The van der Waals surface area contributed by atoms with Crippen LogP contribution in [0.3, 0.4) is 0 Å². The number of aromatic nitrogens is 21. The maximum Gasteiger partial charge on any atom is 0.417 e. The average molecular weight is 1740 g/mol. The number of hydrogen-bond donors (Lipinski definition) is 9. The quantitative estimate of drug-likeness (QED) is 0.0406. The third-order valence-electron chi connectivity index (χ3n) is 19.6. The minimum atomic E-state index is -4.61. The van der Waals surface area contributed by atoms with Gasteiger partial charge in [-0.1, -0.05) is 169 Å². The molecule has 0 radical (unpaired) electrons. The molecule has 0 unspecified atom stereocenters. The number of halogens is 12. The van der Waals surface area contributed by atoms with Crippen LogP contribution in [0.1, 0.15) is 16.7 Å². The lowest BCUT2D eigenvalue weighted by molar-refractivity contribution is -0.137. The van der Waals surface area contributed by atoms with Gasteiger partial charge in [0.15, 0.2) is 81.4 Å². The Bertz CT molecular complexity index is 7140. The van der Waals surface area contributed by atoms with E-state index in [0.717, 1.165) is 51.1 Å². The molecule has 20 rings (SSSR count). The monoisotopic (exact) mass is 1740 g/mol. The Kier molecular flexibility index (Phi) is 23.6. The van der Waals surface area contributed by atoms with E-state index in [1.54, 1.807) is 30.3 Å². The lowest BCUT2D eigenvalue weighted by Gasteiger charge is -2.29.